The molecule has 2 aliphatic heterocycles. The fourth-order valence-corrected chi connectivity index (χ4v) is 2.95. The quantitative estimate of drug-likeness (QED) is 0.785. The van der Waals surface area contributed by atoms with Gasteiger partial charge in [-0.1, -0.05) is 0 Å². The second-order valence-electron chi connectivity index (χ2n) is 4.93. The molecule has 3 rings (SSSR count). The molecular formula is C12H20N4. The summed E-state index contributed by atoms with van der Waals surface area (Å²) in [5.74, 6) is 0.676. The normalized spacial score (nSPS) is 30.1. The molecule has 2 unspecified atom stereocenters. The van der Waals surface area contributed by atoms with Crippen LogP contribution < -0.4 is 10.6 Å². The monoisotopic (exact) mass is 220 g/mol. The third-order valence-electron chi connectivity index (χ3n) is 3.91. The van der Waals surface area contributed by atoms with Gasteiger partial charge >= 0.3 is 0 Å². The minimum absolute atomic E-state index is 0.433. The van der Waals surface area contributed by atoms with E-state index in [4.69, 9.17) is 0 Å². The van der Waals surface area contributed by atoms with Gasteiger partial charge in [0.1, 0.15) is 6.17 Å². The molecule has 2 N–H and O–H groups in total. The molecule has 88 valence electrons. The van der Waals surface area contributed by atoms with E-state index in [1.165, 1.54) is 30.5 Å². The van der Waals surface area contributed by atoms with Crippen molar-refractivity contribution in [3.05, 3.63) is 17.5 Å². The molecule has 0 aromatic carbocycles. The summed E-state index contributed by atoms with van der Waals surface area (Å²) >= 11 is 0. The highest BCUT2D eigenvalue weighted by molar-refractivity contribution is 5.23. The van der Waals surface area contributed by atoms with Crippen LogP contribution in [-0.2, 0) is 0 Å². The van der Waals surface area contributed by atoms with Crippen LogP contribution in [0.4, 0.5) is 0 Å². The zero-order chi connectivity index (χ0) is 11.0. The molecule has 2 fully saturated rings. The SMILES string of the molecule is Cc1c(C2CCNC2)cnn1C1CCCN1. The van der Waals surface area contributed by atoms with Crippen LogP contribution in [0.3, 0.4) is 0 Å². The minimum Gasteiger partial charge on any atom is -0.316 e. The molecule has 0 saturated carbocycles. The highest BCUT2D eigenvalue weighted by atomic mass is 15.4. The lowest BCUT2D eigenvalue weighted by molar-refractivity contribution is 0.415. The zero-order valence-corrected chi connectivity index (χ0v) is 9.87. The van der Waals surface area contributed by atoms with Crippen molar-refractivity contribution in [3.63, 3.8) is 0 Å². The standard InChI is InChI=1S/C12H20N4/c1-9-11(10-4-6-13-7-10)8-15-16(9)12-3-2-5-14-12/h8,10,12-14H,2-7H2,1H3. The van der Waals surface area contributed by atoms with Crippen molar-refractivity contribution < 1.29 is 0 Å². The summed E-state index contributed by atoms with van der Waals surface area (Å²) in [5.41, 5.74) is 2.80. The first-order valence-electron chi connectivity index (χ1n) is 6.34. The Hall–Kier alpha value is -0.870. The molecule has 0 aliphatic carbocycles. The van der Waals surface area contributed by atoms with Crippen molar-refractivity contribution in [2.75, 3.05) is 19.6 Å². The average molecular weight is 220 g/mol. The number of hydrogen-bond donors (Lipinski definition) is 2. The van der Waals surface area contributed by atoms with Crippen LogP contribution in [0, 0.1) is 6.92 Å². The van der Waals surface area contributed by atoms with Gasteiger partial charge in [0, 0.05) is 18.2 Å². The Kier molecular flexibility index (Phi) is 2.69. The molecule has 4 nitrogen and oxygen atoms in total. The molecule has 1 aromatic heterocycles. The predicted octanol–water partition coefficient (Wildman–Crippen LogP) is 1.15. The van der Waals surface area contributed by atoms with Gasteiger partial charge in [0.2, 0.25) is 0 Å². The van der Waals surface area contributed by atoms with E-state index >= 15 is 0 Å². The summed E-state index contributed by atoms with van der Waals surface area (Å²) < 4.78 is 2.18. The van der Waals surface area contributed by atoms with Gasteiger partial charge in [-0.2, -0.15) is 5.10 Å². The van der Waals surface area contributed by atoms with Gasteiger partial charge in [0.25, 0.3) is 0 Å². The van der Waals surface area contributed by atoms with E-state index in [-0.39, 0.29) is 0 Å². The Bertz CT molecular complexity index is 326. The maximum absolute atomic E-state index is 4.57. The Morgan fingerprint density at radius 3 is 3.00 bits per heavy atom. The lowest BCUT2D eigenvalue weighted by Gasteiger charge is -2.14. The molecule has 0 radical (unpaired) electrons. The number of aromatic nitrogens is 2. The van der Waals surface area contributed by atoms with Gasteiger partial charge in [-0.3, -0.25) is 10.00 Å². The highest BCUT2D eigenvalue weighted by Gasteiger charge is 2.24. The van der Waals surface area contributed by atoms with Crippen LogP contribution in [0.2, 0.25) is 0 Å². The number of nitrogens with one attached hydrogen (secondary N) is 2. The third-order valence-corrected chi connectivity index (χ3v) is 3.91. The number of rotatable bonds is 2. The molecule has 3 heterocycles. The molecule has 0 bridgehead atoms. The molecule has 0 spiro atoms. The summed E-state index contributed by atoms with van der Waals surface area (Å²) in [7, 11) is 0. The van der Waals surface area contributed by atoms with E-state index in [2.05, 4.69) is 33.5 Å². The molecule has 2 saturated heterocycles. The highest BCUT2D eigenvalue weighted by Crippen LogP contribution is 2.27. The first-order valence-corrected chi connectivity index (χ1v) is 6.34. The topological polar surface area (TPSA) is 41.9 Å². The van der Waals surface area contributed by atoms with Crippen molar-refractivity contribution in [3.8, 4) is 0 Å². The van der Waals surface area contributed by atoms with Crippen LogP contribution in [0.5, 0.6) is 0 Å². The molecule has 4 heteroatoms. The fourth-order valence-electron chi connectivity index (χ4n) is 2.95. The van der Waals surface area contributed by atoms with E-state index in [0.29, 0.717) is 12.1 Å². The molecule has 1 aromatic rings. The van der Waals surface area contributed by atoms with Crippen molar-refractivity contribution >= 4 is 0 Å². The Labute approximate surface area is 96.4 Å². The molecule has 0 amide bonds. The van der Waals surface area contributed by atoms with Gasteiger partial charge in [0.05, 0.1) is 6.20 Å². The lowest BCUT2D eigenvalue weighted by Crippen LogP contribution is -2.22. The second kappa shape index (κ2) is 4.18. The second-order valence-corrected chi connectivity index (χ2v) is 4.93. The first kappa shape index (κ1) is 10.3. The summed E-state index contributed by atoms with van der Waals surface area (Å²) in [4.78, 5) is 0. The van der Waals surface area contributed by atoms with Crippen LogP contribution >= 0.6 is 0 Å². The van der Waals surface area contributed by atoms with Gasteiger partial charge < -0.3 is 5.32 Å². The summed E-state index contributed by atoms with van der Waals surface area (Å²) in [6.07, 6.45) is 6.25. The Morgan fingerprint density at radius 2 is 2.31 bits per heavy atom. The predicted molar refractivity (Wildman–Crippen MR) is 63.5 cm³/mol. The van der Waals surface area contributed by atoms with Crippen LogP contribution in [0.25, 0.3) is 0 Å². The number of nitrogens with zero attached hydrogens (tertiary/aromatic N) is 2. The van der Waals surface area contributed by atoms with E-state index in [1.807, 2.05) is 0 Å². The van der Waals surface area contributed by atoms with Gasteiger partial charge in [0.15, 0.2) is 0 Å². The lowest BCUT2D eigenvalue weighted by atomic mass is 9.99. The van der Waals surface area contributed by atoms with Crippen LogP contribution in [0.15, 0.2) is 6.20 Å². The summed E-state index contributed by atoms with van der Waals surface area (Å²) in [6.45, 7) is 5.60. The van der Waals surface area contributed by atoms with Gasteiger partial charge in [-0.15, -0.1) is 0 Å². The molecular weight excluding hydrogens is 200 g/mol. The molecule has 2 atom stereocenters. The zero-order valence-electron chi connectivity index (χ0n) is 9.87. The summed E-state index contributed by atoms with van der Waals surface area (Å²) in [6, 6.07) is 0. The number of hydrogen-bond acceptors (Lipinski definition) is 3. The Morgan fingerprint density at radius 1 is 1.38 bits per heavy atom. The van der Waals surface area contributed by atoms with E-state index in [1.54, 1.807) is 0 Å². The van der Waals surface area contributed by atoms with Gasteiger partial charge in [-0.25, -0.2) is 0 Å². The third kappa shape index (κ3) is 1.66. The van der Waals surface area contributed by atoms with Crippen molar-refractivity contribution in [2.24, 2.45) is 0 Å². The maximum atomic E-state index is 4.57. The summed E-state index contributed by atoms with van der Waals surface area (Å²) in [5, 5.41) is 11.5. The maximum Gasteiger partial charge on any atom is 0.102 e. The van der Waals surface area contributed by atoms with Crippen molar-refractivity contribution in [1.29, 1.82) is 0 Å². The van der Waals surface area contributed by atoms with E-state index in [9.17, 15) is 0 Å². The van der Waals surface area contributed by atoms with Crippen LogP contribution in [-0.4, -0.2) is 29.4 Å². The molecule has 2 aliphatic rings. The van der Waals surface area contributed by atoms with Crippen molar-refractivity contribution in [2.45, 2.75) is 38.3 Å². The van der Waals surface area contributed by atoms with Crippen LogP contribution in [0.1, 0.15) is 42.6 Å². The minimum atomic E-state index is 0.433. The van der Waals surface area contributed by atoms with Crippen molar-refractivity contribution in [1.82, 2.24) is 20.4 Å². The fraction of sp³-hybridized carbons (Fsp3) is 0.750. The molecule has 16 heavy (non-hydrogen) atoms. The largest absolute Gasteiger partial charge is 0.316 e. The van der Waals surface area contributed by atoms with Gasteiger partial charge in [-0.05, 0) is 44.8 Å². The first-order chi connectivity index (χ1) is 7.86. The average Bonchev–Trinajstić information content (AvgIpc) is 2.96. The van der Waals surface area contributed by atoms with E-state index < -0.39 is 0 Å². The Balaban J connectivity index is 1.84. The smallest absolute Gasteiger partial charge is 0.102 e. The van der Waals surface area contributed by atoms with E-state index in [0.717, 1.165) is 19.6 Å².